The second-order valence-electron chi connectivity index (χ2n) is 10.5. The fourth-order valence-electron chi connectivity index (χ4n) is 6.29. The third kappa shape index (κ3) is 3.52. The Morgan fingerprint density at radius 2 is 1.87 bits per heavy atom. The zero-order valence-electron chi connectivity index (χ0n) is 21.2. The van der Waals surface area contributed by atoms with Gasteiger partial charge in [0, 0.05) is 24.0 Å². The standard InChI is InChI=1S/C29H25F2N5O2/c1-16(37)15-38-25-11-17(8-10-33-25)23-13-32-14-24(34-23)29-9-7-19(28(29,2)3)18-12-22(35-36-27(18)29)26-20(30)5-4-6-21(26)31/h4-6,8,10-14,19H,7,9,15H2,1-3H3/t19-,29-/m0/s1. The molecule has 0 radical (unpaired) electrons. The van der Waals surface area contributed by atoms with Crippen LogP contribution in [-0.2, 0) is 10.2 Å². The molecule has 3 aromatic heterocycles. The van der Waals surface area contributed by atoms with E-state index in [2.05, 4.69) is 34.0 Å². The summed E-state index contributed by atoms with van der Waals surface area (Å²) >= 11 is 0. The van der Waals surface area contributed by atoms with Crippen molar-refractivity contribution in [3.05, 3.63) is 83.6 Å². The van der Waals surface area contributed by atoms with Crippen LogP contribution in [0.3, 0.4) is 0 Å². The van der Waals surface area contributed by atoms with Crippen molar-refractivity contribution in [2.45, 2.75) is 44.9 Å². The number of nitrogens with zero attached hydrogens (tertiary/aromatic N) is 5. The molecule has 2 aliphatic carbocycles. The highest BCUT2D eigenvalue weighted by atomic mass is 19.1. The molecule has 2 bridgehead atoms. The van der Waals surface area contributed by atoms with Gasteiger partial charge in [-0.1, -0.05) is 19.9 Å². The van der Waals surface area contributed by atoms with Crippen LogP contribution >= 0.6 is 0 Å². The molecule has 0 unspecified atom stereocenters. The van der Waals surface area contributed by atoms with Gasteiger partial charge in [-0.15, -0.1) is 5.10 Å². The van der Waals surface area contributed by atoms with Crippen molar-refractivity contribution in [1.29, 1.82) is 0 Å². The van der Waals surface area contributed by atoms with Gasteiger partial charge in [-0.25, -0.2) is 18.7 Å². The van der Waals surface area contributed by atoms with Gasteiger partial charge in [0.2, 0.25) is 5.88 Å². The molecule has 192 valence electrons. The summed E-state index contributed by atoms with van der Waals surface area (Å²) in [4.78, 5) is 25.0. The molecule has 6 rings (SSSR count). The van der Waals surface area contributed by atoms with E-state index in [9.17, 15) is 13.6 Å². The van der Waals surface area contributed by atoms with Crippen LogP contribution in [0.25, 0.3) is 22.5 Å². The third-order valence-corrected chi connectivity index (χ3v) is 8.13. The molecule has 0 amide bonds. The highest BCUT2D eigenvalue weighted by Gasteiger charge is 2.65. The molecule has 7 nitrogen and oxygen atoms in total. The quantitative estimate of drug-likeness (QED) is 0.339. The first kappa shape index (κ1) is 24.2. The normalized spacial score (nSPS) is 20.8. The number of aromatic nitrogens is 5. The number of carbonyl (C=O) groups is 1. The van der Waals surface area contributed by atoms with E-state index in [-0.39, 0.29) is 35.0 Å². The molecule has 0 spiro atoms. The largest absolute Gasteiger partial charge is 0.470 e. The monoisotopic (exact) mass is 513 g/mol. The van der Waals surface area contributed by atoms with Gasteiger partial charge in [0.25, 0.3) is 0 Å². The smallest absolute Gasteiger partial charge is 0.214 e. The number of hydrogen-bond acceptors (Lipinski definition) is 7. The fourth-order valence-corrected chi connectivity index (χ4v) is 6.29. The minimum Gasteiger partial charge on any atom is -0.470 e. The molecular formula is C29H25F2N5O2. The van der Waals surface area contributed by atoms with Crippen molar-refractivity contribution in [3.63, 3.8) is 0 Å². The van der Waals surface area contributed by atoms with Gasteiger partial charge in [0.05, 0.1) is 40.0 Å². The van der Waals surface area contributed by atoms with Crippen LogP contribution in [0.15, 0.2) is 55.0 Å². The van der Waals surface area contributed by atoms with Gasteiger partial charge >= 0.3 is 0 Å². The highest BCUT2D eigenvalue weighted by Crippen LogP contribution is 2.69. The van der Waals surface area contributed by atoms with E-state index in [1.54, 1.807) is 30.7 Å². The Morgan fingerprint density at radius 3 is 2.63 bits per heavy atom. The van der Waals surface area contributed by atoms with E-state index >= 15 is 0 Å². The third-order valence-electron chi connectivity index (χ3n) is 8.13. The zero-order chi connectivity index (χ0) is 26.7. The van der Waals surface area contributed by atoms with Crippen LogP contribution in [0.4, 0.5) is 8.78 Å². The first-order valence-corrected chi connectivity index (χ1v) is 12.5. The van der Waals surface area contributed by atoms with Gasteiger partial charge in [-0.2, -0.15) is 5.10 Å². The van der Waals surface area contributed by atoms with Gasteiger partial charge in [0.15, 0.2) is 5.78 Å². The Kier molecular flexibility index (Phi) is 5.55. The number of Topliss-reactive ketones (excluding diaryl/α,β-unsaturated/α-hetero) is 1. The van der Waals surface area contributed by atoms with Crippen molar-refractivity contribution in [2.75, 3.05) is 6.61 Å². The second kappa shape index (κ2) is 8.72. The number of benzene rings is 1. The summed E-state index contributed by atoms with van der Waals surface area (Å²) in [5.41, 5.74) is 3.07. The Bertz CT molecular complexity index is 1570. The minimum absolute atomic E-state index is 0.0604. The summed E-state index contributed by atoms with van der Waals surface area (Å²) in [7, 11) is 0. The summed E-state index contributed by atoms with van der Waals surface area (Å²) in [6.07, 6.45) is 6.74. The number of pyridine rings is 1. The number of ketones is 1. The topological polar surface area (TPSA) is 90.8 Å². The van der Waals surface area contributed by atoms with Crippen LogP contribution in [0.1, 0.15) is 56.5 Å². The molecule has 38 heavy (non-hydrogen) atoms. The van der Waals surface area contributed by atoms with Crippen LogP contribution < -0.4 is 4.74 Å². The molecule has 1 saturated carbocycles. The van der Waals surface area contributed by atoms with E-state index in [4.69, 9.17) is 9.72 Å². The summed E-state index contributed by atoms with van der Waals surface area (Å²) < 4.78 is 34.5. The maximum atomic E-state index is 14.5. The van der Waals surface area contributed by atoms with Crippen molar-refractivity contribution >= 4 is 5.78 Å². The average molecular weight is 514 g/mol. The van der Waals surface area contributed by atoms with Gasteiger partial charge in [-0.05, 0) is 60.9 Å². The molecule has 2 aliphatic rings. The van der Waals surface area contributed by atoms with Crippen molar-refractivity contribution in [3.8, 4) is 28.4 Å². The highest BCUT2D eigenvalue weighted by molar-refractivity contribution is 5.77. The van der Waals surface area contributed by atoms with E-state index in [0.717, 1.165) is 35.4 Å². The fraction of sp³-hybridized carbons (Fsp3) is 0.310. The first-order chi connectivity index (χ1) is 18.2. The second-order valence-corrected chi connectivity index (χ2v) is 10.5. The molecule has 0 N–H and O–H groups in total. The van der Waals surface area contributed by atoms with Gasteiger partial charge < -0.3 is 4.74 Å². The maximum Gasteiger partial charge on any atom is 0.214 e. The summed E-state index contributed by atoms with van der Waals surface area (Å²) in [5, 5.41) is 8.88. The number of hydrogen-bond donors (Lipinski definition) is 0. The molecule has 0 saturated heterocycles. The Balaban J connectivity index is 1.44. The predicted octanol–water partition coefficient (Wildman–Crippen LogP) is 5.44. The van der Waals surface area contributed by atoms with Crippen LogP contribution in [0.2, 0.25) is 0 Å². The lowest BCUT2D eigenvalue weighted by molar-refractivity contribution is -0.119. The Hall–Kier alpha value is -4.14. The van der Waals surface area contributed by atoms with E-state index < -0.39 is 17.0 Å². The van der Waals surface area contributed by atoms with Crippen molar-refractivity contribution < 1.29 is 18.3 Å². The number of rotatable bonds is 6. The molecule has 1 aromatic carbocycles. The summed E-state index contributed by atoms with van der Waals surface area (Å²) in [6.45, 7) is 5.76. The first-order valence-electron chi connectivity index (χ1n) is 12.5. The Labute approximate surface area is 218 Å². The van der Waals surface area contributed by atoms with Gasteiger partial charge in [-0.3, -0.25) is 9.78 Å². The van der Waals surface area contributed by atoms with Crippen LogP contribution in [-0.4, -0.2) is 37.5 Å². The van der Waals surface area contributed by atoms with Gasteiger partial charge in [0.1, 0.15) is 18.2 Å². The number of halogens is 2. The molecule has 1 fully saturated rings. The molecule has 3 heterocycles. The summed E-state index contributed by atoms with van der Waals surface area (Å²) in [6, 6.07) is 9.11. The average Bonchev–Trinajstić information content (AvgIpc) is 3.28. The maximum absolute atomic E-state index is 14.5. The van der Waals surface area contributed by atoms with Crippen LogP contribution in [0, 0.1) is 17.0 Å². The minimum atomic E-state index is -0.668. The van der Waals surface area contributed by atoms with E-state index in [1.807, 2.05) is 6.07 Å². The number of fused-ring (bicyclic) bond motifs is 5. The lowest BCUT2D eigenvalue weighted by Crippen LogP contribution is -2.38. The molecular weight excluding hydrogens is 488 g/mol. The van der Waals surface area contributed by atoms with Crippen LogP contribution in [0.5, 0.6) is 5.88 Å². The molecule has 4 aromatic rings. The summed E-state index contributed by atoms with van der Waals surface area (Å²) in [5.74, 6) is -0.982. The lowest BCUT2D eigenvalue weighted by Gasteiger charge is -2.37. The Morgan fingerprint density at radius 1 is 1.08 bits per heavy atom. The molecule has 0 aliphatic heterocycles. The predicted molar refractivity (Wildman–Crippen MR) is 135 cm³/mol. The zero-order valence-corrected chi connectivity index (χ0v) is 21.2. The SMILES string of the molecule is CC(=O)COc1cc(-c2cncc([C@@]34CC[C@@H](c5cc(-c6c(F)cccc6F)nnc53)C4(C)C)n2)ccn1. The molecule has 9 heteroatoms. The molecule has 2 atom stereocenters. The van der Waals surface area contributed by atoms with E-state index in [1.165, 1.54) is 25.1 Å². The van der Waals surface area contributed by atoms with Crippen molar-refractivity contribution in [1.82, 2.24) is 25.1 Å². The lowest BCUT2D eigenvalue weighted by atomic mass is 9.66. The number of carbonyl (C=O) groups excluding carboxylic acids is 1. The van der Waals surface area contributed by atoms with E-state index in [0.29, 0.717) is 11.6 Å². The van der Waals surface area contributed by atoms with Crippen molar-refractivity contribution in [2.24, 2.45) is 5.41 Å². The number of ether oxygens (including phenoxy) is 1.